The van der Waals surface area contributed by atoms with Gasteiger partial charge in [-0.25, -0.2) is 4.98 Å². The highest BCUT2D eigenvalue weighted by molar-refractivity contribution is 7.17. The Kier molecular flexibility index (Phi) is 6.90. The molecule has 3 heterocycles. The number of aryl methyl sites for hydroxylation is 1. The molecule has 35 heavy (non-hydrogen) atoms. The Morgan fingerprint density at radius 1 is 1.06 bits per heavy atom. The maximum atomic E-state index is 11.2. The van der Waals surface area contributed by atoms with Crippen LogP contribution in [0.3, 0.4) is 0 Å². The molecule has 4 aromatic rings. The van der Waals surface area contributed by atoms with Gasteiger partial charge in [-0.15, -0.1) is 5.10 Å². The number of nitrogens with zero attached hydrogens (tertiary/aromatic N) is 5. The molecule has 0 bridgehead atoms. The normalized spacial score (nSPS) is 16.0. The van der Waals surface area contributed by atoms with Crippen LogP contribution in [0.1, 0.15) is 34.8 Å². The van der Waals surface area contributed by atoms with Crippen molar-refractivity contribution in [2.24, 2.45) is 0 Å². The molecule has 9 heteroatoms. The highest BCUT2D eigenvalue weighted by Crippen LogP contribution is 2.42. The molecule has 0 unspecified atom stereocenters. The Labute approximate surface area is 209 Å². The van der Waals surface area contributed by atoms with Crippen LogP contribution in [0.4, 0.5) is 0 Å². The smallest absolute Gasteiger partial charge is 0.230 e. The fourth-order valence-corrected chi connectivity index (χ4v) is 5.87. The molecule has 0 aliphatic carbocycles. The van der Waals surface area contributed by atoms with Crippen molar-refractivity contribution in [2.45, 2.75) is 26.4 Å². The number of piperazine rings is 1. The molecule has 8 nitrogen and oxygen atoms in total. The van der Waals surface area contributed by atoms with Crippen molar-refractivity contribution in [1.82, 2.24) is 24.4 Å². The second kappa shape index (κ2) is 10.2. The molecule has 1 fully saturated rings. The van der Waals surface area contributed by atoms with Crippen LogP contribution < -0.4 is 9.47 Å². The molecule has 1 aliphatic rings. The van der Waals surface area contributed by atoms with Crippen molar-refractivity contribution in [2.75, 3.05) is 39.9 Å². The third kappa shape index (κ3) is 4.84. The van der Waals surface area contributed by atoms with E-state index < -0.39 is 0 Å². The quantitative estimate of drug-likeness (QED) is 0.396. The van der Waals surface area contributed by atoms with Crippen molar-refractivity contribution in [3.05, 3.63) is 70.4 Å². The second-order valence-electron chi connectivity index (χ2n) is 8.69. The summed E-state index contributed by atoms with van der Waals surface area (Å²) in [5.41, 5.74) is 2.37. The van der Waals surface area contributed by atoms with Gasteiger partial charge in [-0.2, -0.15) is 4.52 Å². The van der Waals surface area contributed by atoms with Crippen LogP contribution >= 0.6 is 11.3 Å². The van der Waals surface area contributed by atoms with E-state index in [1.54, 1.807) is 11.6 Å². The molecular formula is C26H31N5O3S. The molecular weight excluding hydrogens is 462 g/mol. The van der Waals surface area contributed by atoms with Gasteiger partial charge in [0.15, 0.2) is 11.5 Å². The van der Waals surface area contributed by atoms with Crippen molar-refractivity contribution in [3.8, 4) is 17.4 Å². The predicted molar refractivity (Wildman–Crippen MR) is 137 cm³/mol. The first-order chi connectivity index (χ1) is 17.1. The molecule has 2 aromatic heterocycles. The summed E-state index contributed by atoms with van der Waals surface area (Å²) in [7, 11) is 1.66. The molecule has 0 amide bonds. The van der Waals surface area contributed by atoms with Crippen LogP contribution in [0.2, 0.25) is 0 Å². The Bertz CT molecular complexity index is 1280. The minimum absolute atomic E-state index is 0.146. The predicted octanol–water partition coefficient (Wildman–Crippen LogP) is 4.12. The molecule has 5 rings (SSSR count). The standard InChI is InChI=1S/C26H31N5O3S/c1-4-34-21-11-10-20(16-22(21)33-3)23(24-25(32)31-26(35-24)27-18(2)28-31)30-14-12-29(13-15-30)17-19-8-6-5-7-9-19/h5-11,16,23,32H,4,12-15,17H2,1-3H3/t23-/m0/s1. The van der Waals surface area contributed by atoms with Crippen LogP contribution in [0, 0.1) is 6.92 Å². The fraction of sp³-hybridized carbons (Fsp3) is 0.385. The van der Waals surface area contributed by atoms with Crippen molar-refractivity contribution in [1.29, 1.82) is 0 Å². The average Bonchev–Trinajstić information content (AvgIpc) is 3.38. The third-order valence-corrected chi connectivity index (χ3v) is 7.45. The zero-order chi connectivity index (χ0) is 24.4. The number of hydrogen-bond donors (Lipinski definition) is 1. The van der Waals surface area contributed by atoms with Gasteiger partial charge >= 0.3 is 0 Å². The van der Waals surface area contributed by atoms with Crippen LogP contribution in [-0.2, 0) is 6.54 Å². The molecule has 184 valence electrons. The number of benzene rings is 2. The third-order valence-electron chi connectivity index (χ3n) is 6.38. The summed E-state index contributed by atoms with van der Waals surface area (Å²) in [4.78, 5) is 10.9. The van der Waals surface area contributed by atoms with Gasteiger partial charge in [0.2, 0.25) is 10.8 Å². The summed E-state index contributed by atoms with van der Waals surface area (Å²) in [5.74, 6) is 2.20. The van der Waals surface area contributed by atoms with Gasteiger partial charge in [0.1, 0.15) is 5.82 Å². The fourth-order valence-electron chi connectivity index (χ4n) is 4.70. The van der Waals surface area contributed by atoms with E-state index in [0.717, 1.165) is 43.2 Å². The van der Waals surface area contributed by atoms with Crippen molar-refractivity contribution in [3.63, 3.8) is 0 Å². The lowest BCUT2D eigenvalue weighted by Crippen LogP contribution is -2.47. The molecule has 1 aliphatic heterocycles. The number of ether oxygens (including phenoxy) is 2. The number of hydrogen-bond acceptors (Lipinski definition) is 8. The molecule has 0 spiro atoms. The minimum Gasteiger partial charge on any atom is -0.493 e. The number of fused-ring (bicyclic) bond motifs is 1. The van der Waals surface area contributed by atoms with E-state index in [0.29, 0.717) is 28.9 Å². The Hall–Kier alpha value is -3.14. The lowest BCUT2D eigenvalue weighted by molar-refractivity contribution is 0.105. The van der Waals surface area contributed by atoms with Crippen molar-refractivity contribution >= 4 is 16.3 Å². The molecule has 1 atom stereocenters. The first-order valence-corrected chi connectivity index (χ1v) is 12.7. The SMILES string of the molecule is CCOc1ccc([C@@H](c2sc3nc(C)nn3c2O)N2CCN(Cc3ccccc3)CC2)cc1OC. The molecule has 1 saturated heterocycles. The van der Waals surface area contributed by atoms with Crippen molar-refractivity contribution < 1.29 is 14.6 Å². The van der Waals surface area contributed by atoms with Gasteiger partial charge in [-0.05, 0) is 37.1 Å². The van der Waals surface area contributed by atoms with E-state index in [2.05, 4.69) is 56.3 Å². The lowest BCUT2D eigenvalue weighted by Gasteiger charge is -2.39. The first-order valence-electron chi connectivity index (χ1n) is 11.9. The monoisotopic (exact) mass is 493 g/mol. The van der Waals surface area contributed by atoms with Crippen LogP contribution in [0.25, 0.3) is 4.96 Å². The zero-order valence-electron chi connectivity index (χ0n) is 20.3. The summed E-state index contributed by atoms with van der Waals surface area (Å²) in [6.07, 6.45) is 0. The second-order valence-corrected chi connectivity index (χ2v) is 9.70. The van der Waals surface area contributed by atoms with Gasteiger partial charge in [-0.1, -0.05) is 47.7 Å². The summed E-state index contributed by atoms with van der Waals surface area (Å²) >= 11 is 1.48. The number of thiazole rings is 1. The summed E-state index contributed by atoms with van der Waals surface area (Å²) in [6.45, 7) is 8.94. The number of methoxy groups -OCH3 is 1. The van der Waals surface area contributed by atoms with Crippen LogP contribution in [0.5, 0.6) is 17.4 Å². The first kappa shape index (κ1) is 23.6. The maximum absolute atomic E-state index is 11.2. The van der Waals surface area contributed by atoms with E-state index >= 15 is 0 Å². The molecule has 0 saturated carbocycles. The Morgan fingerprint density at radius 2 is 1.83 bits per heavy atom. The lowest BCUT2D eigenvalue weighted by atomic mass is 10.0. The number of aromatic nitrogens is 3. The molecule has 1 N–H and O–H groups in total. The highest BCUT2D eigenvalue weighted by atomic mass is 32.1. The number of rotatable bonds is 8. The van der Waals surface area contributed by atoms with Crippen LogP contribution in [-0.4, -0.2) is 69.4 Å². The van der Waals surface area contributed by atoms with Gasteiger partial charge in [-0.3, -0.25) is 9.80 Å². The minimum atomic E-state index is -0.146. The van der Waals surface area contributed by atoms with Gasteiger partial charge in [0.25, 0.3) is 0 Å². The average molecular weight is 494 g/mol. The Morgan fingerprint density at radius 3 is 2.51 bits per heavy atom. The number of aromatic hydroxyl groups is 1. The zero-order valence-corrected chi connectivity index (χ0v) is 21.2. The van der Waals surface area contributed by atoms with Gasteiger partial charge in [0.05, 0.1) is 24.6 Å². The largest absolute Gasteiger partial charge is 0.493 e. The van der Waals surface area contributed by atoms with Gasteiger partial charge < -0.3 is 14.6 Å². The van der Waals surface area contributed by atoms with Crippen LogP contribution in [0.15, 0.2) is 48.5 Å². The summed E-state index contributed by atoms with van der Waals surface area (Å²) < 4.78 is 12.9. The van der Waals surface area contributed by atoms with E-state index in [-0.39, 0.29) is 11.9 Å². The molecule has 0 radical (unpaired) electrons. The molecule has 2 aromatic carbocycles. The summed E-state index contributed by atoms with van der Waals surface area (Å²) in [6, 6.07) is 16.5. The van der Waals surface area contributed by atoms with E-state index in [1.807, 2.05) is 26.0 Å². The van der Waals surface area contributed by atoms with E-state index in [4.69, 9.17) is 9.47 Å². The van der Waals surface area contributed by atoms with E-state index in [1.165, 1.54) is 16.9 Å². The van der Waals surface area contributed by atoms with Gasteiger partial charge in [0, 0.05) is 32.7 Å². The maximum Gasteiger partial charge on any atom is 0.230 e. The topological polar surface area (TPSA) is 75.4 Å². The highest BCUT2D eigenvalue weighted by Gasteiger charge is 2.32. The Balaban J connectivity index is 1.46. The van der Waals surface area contributed by atoms with E-state index in [9.17, 15) is 5.11 Å². The summed E-state index contributed by atoms with van der Waals surface area (Å²) in [5, 5.41) is 15.5.